The Kier molecular flexibility index (Phi) is 8.36. The number of hydrogen-bond donors (Lipinski definition) is 2. The molecule has 0 bridgehead atoms. The van der Waals surface area contributed by atoms with E-state index >= 15 is 0 Å². The number of amidine groups is 1. The number of fused-ring (bicyclic) bond motifs is 3. The summed E-state index contributed by atoms with van der Waals surface area (Å²) in [5.41, 5.74) is 14.3. The smallest absolute Gasteiger partial charge is 0.136 e. The molecular formula is C51H37N3O. The van der Waals surface area contributed by atoms with Crippen molar-refractivity contribution in [2.45, 2.75) is 12.3 Å². The van der Waals surface area contributed by atoms with E-state index in [0.717, 1.165) is 55.6 Å². The highest BCUT2D eigenvalue weighted by Crippen LogP contribution is 2.40. The van der Waals surface area contributed by atoms with Crippen LogP contribution in [0.3, 0.4) is 0 Å². The highest BCUT2D eigenvalue weighted by atomic mass is 16.3. The van der Waals surface area contributed by atoms with Gasteiger partial charge in [0.25, 0.3) is 0 Å². The largest absolute Gasteiger partial charge is 0.456 e. The monoisotopic (exact) mass is 707 g/mol. The van der Waals surface area contributed by atoms with Gasteiger partial charge < -0.3 is 9.73 Å². The number of aliphatic imine (C=N–C) groups is 1. The summed E-state index contributed by atoms with van der Waals surface area (Å²) in [6.45, 7) is 0. The van der Waals surface area contributed by atoms with Gasteiger partial charge in [-0.1, -0.05) is 182 Å². The average Bonchev–Trinajstić information content (AvgIpc) is 3.66. The minimum atomic E-state index is -0.362. The van der Waals surface area contributed by atoms with Crippen LogP contribution >= 0.6 is 0 Å². The number of hydrogen-bond acceptors (Lipinski definition) is 4. The van der Waals surface area contributed by atoms with Gasteiger partial charge in [0.2, 0.25) is 0 Å². The Morgan fingerprint density at radius 1 is 0.400 bits per heavy atom. The van der Waals surface area contributed by atoms with Crippen molar-refractivity contribution in [1.82, 2.24) is 10.6 Å². The molecule has 0 aliphatic carbocycles. The van der Waals surface area contributed by atoms with Gasteiger partial charge in [-0.25, -0.2) is 4.99 Å². The second kappa shape index (κ2) is 14.1. The van der Waals surface area contributed by atoms with Crippen LogP contribution < -0.4 is 10.6 Å². The molecule has 0 fully saturated rings. The Bertz CT molecular complexity index is 2770. The molecule has 2 unspecified atom stereocenters. The number of furan rings is 1. The Morgan fingerprint density at radius 3 is 1.42 bits per heavy atom. The summed E-state index contributed by atoms with van der Waals surface area (Å²) in [4.78, 5) is 5.37. The molecule has 0 saturated carbocycles. The highest BCUT2D eigenvalue weighted by Gasteiger charge is 2.28. The minimum absolute atomic E-state index is 0.200. The second-order valence-electron chi connectivity index (χ2n) is 14.0. The molecule has 9 aromatic rings. The number of nitrogens with one attached hydrogen (secondary N) is 2. The fourth-order valence-electron chi connectivity index (χ4n) is 7.74. The van der Waals surface area contributed by atoms with E-state index in [1.165, 1.54) is 33.4 Å². The van der Waals surface area contributed by atoms with E-state index in [-0.39, 0.29) is 12.3 Å². The van der Waals surface area contributed by atoms with Gasteiger partial charge in [0.15, 0.2) is 0 Å². The number of rotatable bonds is 7. The lowest BCUT2D eigenvalue weighted by Gasteiger charge is -2.32. The first kappa shape index (κ1) is 32.6. The Hall–Kier alpha value is -7.01. The van der Waals surface area contributed by atoms with E-state index in [4.69, 9.17) is 9.41 Å². The van der Waals surface area contributed by atoms with Crippen LogP contribution in [-0.4, -0.2) is 5.84 Å². The van der Waals surface area contributed by atoms with Crippen molar-refractivity contribution in [2.75, 3.05) is 0 Å². The maximum atomic E-state index is 6.56. The molecule has 0 radical (unpaired) electrons. The third-order valence-corrected chi connectivity index (χ3v) is 10.6. The molecule has 0 saturated heterocycles. The molecule has 55 heavy (non-hydrogen) atoms. The van der Waals surface area contributed by atoms with Crippen molar-refractivity contribution in [3.05, 3.63) is 217 Å². The summed E-state index contributed by atoms with van der Waals surface area (Å²) in [6.07, 6.45) is -0.562. The standard InChI is InChI=1S/C51H37N3O/c1-4-12-34(13-5-1)36-20-22-38(23-21-36)39-28-30-42(31-29-39)50-52-49(41-16-8-3-9-17-41)53-51(54-50)45-32-43(33-47-48(45)44-18-10-11-19-46(44)55-47)40-26-24-37(25-27-40)35-14-6-2-7-15-35/h1-33,50-51,54H,(H,52,53). The fraction of sp³-hybridized carbons (Fsp3) is 0.0392. The Labute approximate surface area is 320 Å². The summed E-state index contributed by atoms with van der Waals surface area (Å²) in [6, 6.07) is 70.5. The molecule has 8 aromatic carbocycles. The molecule has 0 amide bonds. The van der Waals surface area contributed by atoms with E-state index in [9.17, 15) is 0 Å². The van der Waals surface area contributed by atoms with Crippen LogP contribution in [0.5, 0.6) is 0 Å². The zero-order chi connectivity index (χ0) is 36.6. The first-order chi connectivity index (χ1) is 27.2. The maximum Gasteiger partial charge on any atom is 0.136 e. The van der Waals surface area contributed by atoms with Gasteiger partial charge in [-0.05, 0) is 68.3 Å². The second-order valence-corrected chi connectivity index (χ2v) is 14.0. The van der Waals surface area contributed by atoms with Crippen LogP contribution in [0.4, 0.5) is 0 Å². The summed E-state index contributed by atoms with van der Waals surface area (Å²) in [5.74, 6) is 0.841. The highest BCUT2D eigenvalue weighted by molar-refractivity contribution is 6.08. The van der Waals surface area contributed by atoms with Gasteiger partial charge in [0, 0.05) is 21.9 Å². The third-order valence-electron chi connectivity index (χ3n) is 10.6. The van der Waals surface area contributed by atoms with E-state index < -0.39 is 0 Å². The molecule has 2 atom stereocenters. The maximum absolute atomic E-state index is 6.56. The zero-order valence-corrected chi connectivity index (χ0v) is 30.1. The van der Waals surface area contributed by atoms with Gasteiger partial charge in [-0.2, -0.15) is 0 Å². The predicted octanol–water partition coefficient (Wildman–Crippen LogP) is 12.6. The van der Waals surface area contributed by atoms with Crippen LogP contribution in [0, 0.1) is 0 Å². The lowest BCUT2D eigenvalue weighted by atomic mass is 9.95. The normalized spacial score (nSPS) is 15.5. The molecule has 0 spiro atoms. The van der Waals surface area contributed by atoms with E-state index in [0.29, 0.717) is 0 Å². The summed E-state index contributed by atoms with van der Waals surface area (Å²) >= 11 is 0. The van der Waals surface area contributed by atoms with Crippen molar-refractivity contribution >= 4 is 27.8 Å². The van der Waals surface area contributed by atoms with Crippen molar-refractivity contribution in [2.24, 2.45) is 4.99 Å². The van der Waals surface area contributed by atoms with Gasteiger partial charge in [-0.3, -0.25) is 5.32 Å². The molecular weight excluding hydrogens is 671 g/mol. The first-order valence-electron chi connectivity index (χ1n) is 18.8. The molecule has 1 aromatic heterocycles. The van der Waals surface area contributed by atoms with Gasteiger partial charge in [-0.15, -0.1) is 0 Å². The van der Waals surface area contributed by atoms with Crippen molar-refractivity contribution in [1.29, 1.82) is 0 Å². The van der Waals surface area contributed by atoms with Crippen LogP contribution in [0.15, 0.2) is 210 Å². The molecule has 262 valence electrons. The SMILES string of the molecule is c1ccc(C2=NC(c3cc(-c4ccc(-c5ccccc5)cc4)cc4oc5ccccc5c34)NC(c3ccc(-c4ccc(-c5ccccc5)cc4)cc3)N2)cc1. The fourth-order valence-corrected chi connectivity index (χ4v) is 7.74. The molecule has 1 aliphatic rings. The van der Waals surface area contributed by atoms with E-state index in [1.807, 2.05) is 24.3 Å². The van der Waals surface area contributed by atoms with Gasteiger partial charge >= 0.3 is 0 Å². The van der Waals surface area contributed by atoms with E-state index in [1.54, 1.807) is 0 Å². The molecule has 1 aliphatic heterocycles. The Balaban J connectivity index is 1.04. The predicted molar refractivity (Wildman–Crippen MR) is 227 cm³/mol. The van der Waals surface area contributed by atoms with Gasteiger partial charge in [0.1, 0.15) is 29.3 Å². The topological polar surface area (TPSA) is 49.6 Å². The Morgan fingerprint density at radius 2 is 0.855 bits per heavy atom. The number of nitrogens with zero attached hydrogens (tertiary/aromatic N) is 1. The van der Waals surface area contributed by atoms with Crippen LogP contribution in [0.2, 0.25) is 0 Å². The lowest BCUT2D eigenvalue weighted by Crippen LogP contribution is -2.45. The summed E-state index contributed by atoms with van der Waals surface area (Å²) < 4.78 is 6.56. The van der Waals surface area contributed by atoms with Crippen molar-refractivity contribution in [3.63, 3.8) is 0 Å². The summed E-state index contributed by atoms with van der Waals surface area (Å²) in [5, 5.41) is 9.77. The lowest BCUT2D eigenvalue weighted by molar-refractivity contribution is 0.410. The molecule has 2 heterocycles. The zero-order valence-electron chi connectivity index (χ0n) is 30.1. The average molecular weight is 708 g/mol. The number of benzene rings is 8. The van der Waals surface area contributed by atoms with Crippen molar-refractivity contribution in [3.8, 4) is 44.5 Å². The summed E-state index contributed by atoms with van der Waals surface area (Å²) in [7, 11) is 0. The quantitative estimate of drug-likeness (QED) is 0.173. The third kappa shape index (κ3) is 6.39. The van der Waals surface area contributed by atoms with Gasteiger partial charge in [0.05, 0.1) is 0 Å². The van der Waals surface area contributed by atoms with Crippen LogP contribution in [0.1, 0.15) is 29.0 Å². The minimum Gasteiger partial charge on any atom is -0.456 e. The molecule has 2 N–H and O–H groups in total. The number of para-hydroxylation sites is 1. The molecule has 4 heteroatoms. The van der Waals surface area contributed by atoms with Crippen LogP contribution in [0.25, 0.3) is 66.4 Å². The van der Waals surface area contributed by atoms with Crippen LogP contribution in [-0.2, 0) is 0 Å². The molecule has 4 nitrogen and oxygen atoms in total. The van der Waals surface area contributed by atoms with E-state index in [2.05, 4.69) is 187 Å². The van der Waals surface area contributed by atoms with Crippen molar-refractivity contribution < 1.29 is 4.42 Å². The molecule has 10 rings (SSSR count). The first-order valence-corrected chi connectivity index (χ1v) is 18.8.